The lowest BCUT2D eigenvalue weighted by molar-refractivity contribution is 1.24. The predicted octanol–water partition coefficient (Wildman–Crippen LogP) is 8.50. The third-order valence-electron chi connectivity index (χ3n) is 5.55. The molecule has 0 atom stereocenters. The van der Waals surface area contributed by atoms with Crippen molar-refractivity contribution >= 4 is 43.2 Å². The first kappa shape index (κ1) is 19.2. The van der Waals surface area contributed by atoms with Crippen molar-refractivity contribution in [3.63, 3.8) is 0 Å². The van der Waals surface area contributed by atoms with Gasteiger partial charge in [-0.1, -0.05) is 90.5 Å². The van der Waals surface area contributed by atoms with Crippen molar-refractivity contribution in [1.29, 1.82) is 0 Å². The van der Waals surface area contributed by atoms with Crippen LogP contribution in [0.5, 0.6) is 0 Å². The van der Waals surface area contributed by atoms with Gasteiger partial charge in [-0.05, 0) is 35.4 Å². The van der Waals surface area contributed by atoms with Crippen molar-refractivity contribution in [2.24, 2.45) is 0 Å². The number of hydrogen-bond acceptors (Lipinski definition) is 3. The number of halogens is 1. The SMILES string of the molecule is Clc1cccc(-c2cccc(-c3nc(-c4ccccc4)c4sc5ccccc5c4n3)c2)c1. The van der Waals surface area contributed by atoms with E-state index in [1.54, 1.807) is 11.3 Å². The Morgan fingerprint density at radius 2 is 1.28 bits per heavy atom. The second-order valence-electron chi connectivity index (χ2n) is 7.63. The van der Waals surface area contributed by atoms with Crippen LogP contribution in [-0.2, 0) is 0 Å². The highest BCUT2D eigenvalue weighted by molar-refractivity contribution is 7.26. The maximum Gasteiger partial charge on any atom is 0.160 e. The second kappa shape index (κ2) is 7.86. The molecular weight excluding hydrogens is 432 g/mol. The van der Waals surface area contributed by atoms with Crippen molar-refractivity contribution in [3.8, 4) is 33.8 Å². The quantitative estimate of drug-likeness (QED) is 0.271. The van der Waals surface area contributed by atoms with E-state index in [4.69, 9.17) is 21.6 Å². The summed E-state index contributed by atoms with van der Waals surface area (Å²) in [6.45, 7) is 0. The predicted molar refractivity (Wildman–Crippen MR) is 136 cm³/mol. The van der Waals surface area contributed by atoms with Gasteiger partial charge in [0.1, 0.15) is 0 Å². The van der Waals surface area contributed by atoms with Crippen LogP contribution in [0.1, 0.15) is 0 Å². The molecule has 2 nitrogen and oxygen atoms in total. The van der Waals surface area contributed by atoms with E-state index in [2.05, 4.69) is 72.8 Å². The molecule has 32 heavy (non-hydrogen) atoms. The monoisotopic (exact) mass is 448 g/mol. The minimum atomic E-state index is 0.724. The third kappa shape index (κ3) is 3.36. The molecule has 0 aliphatic heterocycles. The molecule has 0 bridgehead atoms. The number of hydrogen-bond donors (Lipinski definition) is 0. The van der Waals surface area contributed by atoms with Gasteiger partial charge in [0, 0.05) is 26.2 Å². The lowest BCUT2D eigenvalue weighted by Gasteiger charge is -2.09. The molecule has 6 rings (SSSR count). The summed E-state index contributed by atoms with van der Waals surface area (Å²) in [4.78, 5) is 10.1. The van der Waals surface area contributed by atoms with E-state index in [1.165, 1.54) is 10.1 Å². The van der Waals surface area contributed by atoms with Crippen molar-refractivity contribution < 1.29 is 0 Å². The third-order valence-corrected chi connectivity index (χ3v) is 6.95. The zero-order valence-corrected chi connectivity index (χ0v) is 18.6. The maximum atomic E-state index is 6.22. The first-order chi connectivity index (χ1) is 15.8. The molecular formula is C28H17ClN2S. The molecule has 2 aromatic heterocycles. The normalized spacial score (nSPS) is 11.3. The van der Waals surface area contributed by atoms with E-state index in [-0.39, 0.29) is 0 Å². The van der Waals surface area contributed by atoms with Crippen LogP contribution in [0.2, 0.25) is 5.02 Å². The van der Waals surface area contributed by atoms with E-state index < -0.39 is 0 Å². The molecule has 0 aliphatic rings. The smallest absolute Gasteiger partial charge is 0.160 e. The lowest BCUT2D eigenvalue weighted by atomic mass is 10.0. The minimum Gasteiger partial charge on any atom is -0.226 e. The summed E-state index contributed by atoms with van der Waals surface area (Å²) in [5.41, 5.74) is 6.22. The Labute approximate surface area is 194 Å². The fourth-order valence-corrected chi connectivity index (χ4v) is 5.36. The summed E-state index contributed by atoms with van der Waals surface area (Å²) in [5.74, 6) is 0.726. The molecule has 2 heterocycles. The summed E-state index contributed by atoms with van der Waals surface area (Å²) in [7, 11) is 0. The number of aromatic nitrogens is 2. The van der Waals surface area contributed by atoms with Crippen LogP contribution < -0.4 is 0 Å². The minimum absolute atomic E-state index is 0.724. The molecule has 0 fully saturated rings. The molecule has 0 saturated heterocycles. The van der Waals surface area contributed by atoms with Crippen LogP contribution in [0.15, 0.2) is 103 Å². The number of fused-ring (bicyclic) bond motifs is 3. The highest BCUT2D eigenvalue weighted by Crippen LogP contribution is 2.39. The molecule has 0 aliphatic carbocycles. The number of rotatable bonds is 3. The Kier molecular flexibility index (Phi) is 4.71. The highest BCUT2D eigenvalue weighted by Gasteiger charge is 2.16. The summed E-state index contributed by atoms with van der Waals surface area (Å²) >= 11 is 7.97. The van der Waals surface area contributed by atoms with Gasteiger partial charge in [-0.15, -0.1) is 11.3 Å². The Morgan fingerprint density at radius 3 is 2.12 bits per heavy atom. The number of nitrogens with zero attached hydrogens (tertiary/aromatic N) is 2. The molecule has 4 heteroatoms. The molecule has 0 saturated carbocycles. The van der Waals surface area contributed by atoms with Crippen LogP contribution in [0.3, 0.4) is 0 Å². The zero-order chi connectivity index (χ0) is 21.5. The molecule has 0 spiro atoms. The maximum absolute atomic E-state index is 6.22. The second-order valence-corrected chi connectivity index (χ2v) is 9.12. The summed E-state index contributed by atoms with van der Waals surface area (Å²) in [6.07, 6.45) is 0. The van der Waals surface area contributed by atoms with E-state index in [1.807, 2.05) is 30.3 Å². The van der Waals surface area contributed by atoms with Crippen molar-refractivity contribution in [2.45, 2.75) is 0 Å². The Bertz CT molecular complexity index is 1590. The first-order valence-corrected chi connectivity index (χ1v) is 11.6. The average Bonchev–Trinajstić information content (AvgIpc) is 3.23. The average molecular weight is 449 g/mol. The Hall–Kier alpha value is -3.53. The van der Waals surface area contributed by atoms with Gasteiger partial charge in [0.2, 0.25) is 0 Å². The van der Waals surface area contributed by atoms with Crippen molar-refractivity contribution in [2.75, 3.05) is 0 Å². The van der Waals surface area contributed by atoms with E-state index in [9.17, 15) is 0 Å². The fraction of sp³-hybridized carbons (Fsp3) is 0. The van der Waals surface area contributed by atoms with Gasteiger partial charge in [-0.25, -0.2) is 9.97 Å². The number of thiophene rings is 1. The van der Waals surface area contributed by atoms with Gasteiger partial charge < -0.3 is 0 Å². The van der Waals surface area contributed by atoms with Gasteiger partial charge in [-0.3, -0.25) is 0 Å². The standard InChI is InChI=1S/C28H17ClN2S/c29-22-13-7-11-20(17-22)19-10-6-12-21(16-19)28-30-25(18-8-2-1-3-9-18)27-26(31-28)23-14-4-5-15-24(23)32-27/h1-17H. The van der Waals surface area contributed by atoms with E-state index in [0.717, 1.165) is 49.0 Å². The van der Waals surface area contributed by atoms with Gasteiger partial charge in [0.05, 0.1) is 15.9 Å². The highest BCUT2D eigenvalue weighted by atomic mass is 35.5. The molecule has 152 valence electrons. The molecule has 0 N–H and O–H groups in total. The van der Waals surface area contributed by atoms with Crippen LogP contribution in [-0.4, -0.2) is 9.97 Å². The van der Waals surface area contributed by atoms with Gasteiger partial charge in [0.25, 0.3) is 0 Å². The summed E-state index contributed by atoms with van der Waals surface area (Å²) in [5, 5.41) is 1.89. The largest absolute Gasteiger partial charge is 0.226 e. The fourth-order valence-electron chi connectivity index (χ4n) is 4.02. The topological polar surface area (TPSA) is 25.8 Å². The van der Waals surface area contributed by atoms with Crippen LogP contribution in [0, 0.1) is 0 Å². The van der Waals surface area contributed by atoms with Crippen LogP contribution in [0.25, 0.3) is 54.1 Å². The molecule has 4 aromatic carbocycles. The summed E-state index contributed by atoms with van der Waals surface area (Å²) < 4.78 is 2.34. The van der Waals surface area contributed by atoms with Crippen LogP contribution >= 0.6 is 22.9 Å². The van der Waals surface area contributed by atoms with Gasteiger partial charge >= 0.3 is 0 Å². The Balaban J connectivity index is 1.60. The molecule has 0 unspecified atom stereocenters. The van der Waals surface area contributed by atoms with E-state index in [0.29, 0.717) is 0 Å². The number of benzene rings is 4. The molecule has 0 amide bonds. The van der Waals surface area contributed by atoms with E-state index >= 15 is 0 Å². The molecule has 0 radical (unpaired) electrons. The Morgan fingerprint density at radius 1 is 0.594 bits per heavy atom. The first-order valence-electron chi connectivity index (χ1n) is 10.4. The lowest BCUT2D eigenvalue weighted by Crippen LogP contribution is -1.93. The van der Waals surface area contributed by atoms with Gasteiger partial charge in [-0.2, -0.15) is 0 Å². The van der Waals surface area contributed by atoms with Crippen molar-refractivity contribution in [3.05, 3.63) is 108 Å². The summed E-state index contributed by atoms with van der Waals surface area (Å²) in [6, 6.07) is 35.0. The zero-order valence-electron chi connectivity index (χ0n) is 17.0. The van der Waals surface area contributed by atoms with Crippen molar-refractivity contribution in [1.82, 2.24) is 9.97 Å². The molecule has 6 aromatic rings. The van der Waals surface area contributed by atoms with Crippen LogP contribution in [0.4, 0.5) is 0 Å². The van der Waals surface area contributed by atoms with Gasteiger partial charge in [0.15, 0.2) is 5.82 Å².